The molecule has 0 aromatic carbocycles. The largest absolute Gasteiger partial charge is 0.314 e. The molecule has 3 fully saturated rings. The smallest absolute Gasteiger partial charge is 0.0348 e. The van der Waals surface area contributed by atoms with Gasteiger partial charge in [0.1, 0.15) is 0 Å². The zero-order valence-electron chi connectivity index (χ0n) is 11.4. The first-order valence-corrected chi connectivity index (χ1v) is 7.79. The minimum Gasteiger partial charge on any atom is -0.314 e. The molecule has 98 valence electrons. The quantitative estimate of drug-likeness (QED) is 0.810. The summed E-state index contributed by atoms with van der Waals surface area (Å²) in [5.41, 5.74) is 0.799. The number of nitrogens with one attached hydrogen (secondary N) is 1. The van der Waals surface area contributed by atoms with Crippen molar-refractivity contribution in [1.29, 1.82) is 0 Å². The summed E-state index contributed by atoms with van der Waals surface area (Å²) in [6.07, 6.45) is 12.1. The van der Waals surface area contributed by atoms with Crippen LogP contribution in [0, 0.1) is 5.41 Å². The van der Waals surface area contributed by atoms with Crippen molar-refractivity contribution in [3.63, 3.8) is 0 Å². The highest BCUT2D eigenvalue weighted by molar-refractivity contribution is 4.95. The highest BCUT2D eigenvalue weighted by atomic mass is 15.2. The highest BCUT2D eigenvalue weighted by Crippen LogP contribution is 2.49. The van der Waals surface area contributed by atoms with Crippen molar-refractivity contribution < 1.29 is 0 Å². The van der Waals surface area contributed by atoms with Gasteiger partial charge in [-0.15, -0.1) is 0 Å². The molecule has 2 saturated carbocycles. The number of hydrogen-bond acceptors (Lipinski definition) is 2. The lowest BCUT2D eigenvalue weighted by molar-refractivity contribution is 0.0456. The van der Waals surface area contributed by atoms with Gasteiger partial charge in [0.05, 0.1) is 0 Å². The van der Waals surface area contributed by atoms with Crippen molar-refractivity contribution in [2.24, 2.45) is 5.41 Å². The van der Waals surface area contributed by atoms with E-state index in [0.717, 1.165) is 17.5 Å². The van der Waals surface area contributed by atoms with Crippen LogP contribution in [0.2, 0.25) is 0 Å². The zero-order valence-corrected chi connectivity index (χ0v) is 11.4. The van der Waals surface area contributed by atoms with Crippen LogP contribution in [0.3, 0.4) is 0 Å². The highest BCUT2D eigenvalue weighted by Gasteiger charge is 2.40. The molecule has 1 N–H and O–H groups in total. The van der Waals surface area contributed by atoms with Crippen LogP contribution in [0.15, 0.2) is 0 Å². The lowest BCUT2D eigenvalue weighted by Gasteiger charge is -2.47. The fraction of sp³-hybridized carbons (Fsp3) is 1.00. The van der Waals surface area contributed by atoms with Crippen LogP contribution >= 0.6 is 0 Å². The maximum atomic E-state index is 3.42. The van der Waals surface area contributed by atoms with E-state index in [1.165, 1.54) is 71.0 Å². The first kappa shape index (κ1) is 12.0. The van der Waals surface area contributed by atoms with Crippen molar-refractivity contribution in [2.45, 2.75) is 70.4 Å². The third kappa shape index (κ3) is 2.26. The van der Waals surface area contributed by atoms with Crippen LogP contribution in [0.4, 0.5) is 0 Å². The lowest BCUT2D eigenvalue weighted by Crippen LogP contribution is -2.60. The van der Waals surface area contributed by atoms with Gasteiger partial charge in [-0.3, -0.25) is 4.90 Å². The summed E-state index contributed by atoms with van der Waals surface area (Å²) < 4.78 is 0. The van der Waals surface area contributed by atoms with E-state index in [-0.39, 0.29) is 0 Å². The Balaban J connectivity index is 1.56. The third-order valence-corrected chi connectivity index (χ3v) is 5.74. The van der Waals surface area contributed by atoms with E-state index in [1.807, 2.05) is 0 Å². The van der Waals surface area contributed by atoms with Crippen molar-refractivity contribution in [2.75, 3.05) is 19.6 Å². The van der Waals surface area contributed by atoms with Gasteiger partial charge in [0.2, 0.25) is 0 Å². The molecule has 0 aromatic rings. The lowest BCUT2D eigenvalue weighted by atomic mass is 9.71. The Bertz CT molecular complexity index is 244. The van der Waals surface area contributed by atoms with E-state index in [4.69, 9.17) is 0 Å². The Labute approximate surface area is 106 Å². The second kappa shape index (κ2) is 4.89. The SMILES string of the molecule is CCN(C1CCC2(CCCC2)CC1)C1CNC1. The van der Waals surface area contributed by atoms with E-state index >= 15 is 0 Å². The number of likely N-dealkylation sites (N-methyl/N-ethyl adjacent to an activating group) is 1. The monoisotopic (exact) mass is 236 g/mol. The second-order valence-corrected chi connectivity index (χ2v) is 6.58. The molecule has 2 nitrogen and oxygen atoms in total. The van der Waals surface area contributed by atoms with Crippen LogP contribution in [-0.2, 0) is 0 Å². The van der Waals surface area contributed by atoms with E-state index in [2.05, 4.69) is 17.1 Å². The fourth-order valence-electron chi connectivity index (χ4n) is 4.49. The Hall–Kier alpha value is -0.0800. The minimum atomic E-state index is 0.799. The van der Waals surface area contributed by atoms with E-state index in [9.17, 15) is 0 Å². The van der Waals surface area contributed by atoms with E-state index in [0.29, 0.717) is 0 Å². The molecule has 1 aliphatic heterocycles. The van der Waals surface area contributed by atoms with Gasteiger partial charge in [0.25, 0.3) is 0 Å². The predicted molar refractivity (Wildman–Crippen MR) is 72.2 cm³/mol. The molecular formula is C15H28N2. The van der Waals surface area contributed by atoms with Gasteiger partial charge in [0, 0.05) is 25.2 Å². The second-order valence-electron chi connectivity index (χ2n) is 6.58. The molecule has 3 aliphatic rings. The third-order valence-electron chi connectivity index (χ3n) is 5.74. The molecule has 3 rings (SSSR count). The van der Waals surface area contributed by atoms with Gasteiger partial charge in [0.15, 0.2) is 0 Å². The minimum absolute atomic E-state index is 0.799. The van der Waals surface area contributed by atoms with Crippen molar-refractivity contribution in [1.82, 2.24) is 10.2 Å². The Kier molecular flexibility index (Phi) is 3.45. The molecule has 0 aromatic heterocycles. The fourth-order valence-corrected chi connectivity index (χ4v) is 4.49. The maximum Gasteiger partial charge on any atom is 0.0348 e. The predicted octanol–water partition coefficient (Wildman–Crippen LogP) is 2.78. The summed E-state index contributed by atoms with van der Waals surface area (Å²) >= 11 is 0. The van der Waals surface area contributed by atoms with Crippen LogP contribution in [0.5, 0.6) is 0 Å². The van der Waals surface area contributed by atoms with Crippen LogP contribution in [-0.4, -0.2) is 36.6 Å². The topological polar surface area (TPSA) is 15.3 Å². The van der Waals surface area contributed by atoms with Gasteiger partial charge in [-0.25, -0.2) is 0 Å². The summed E-state index contributed by atoms with van der Waals surface area (Å²) in [5.74, 6) is 0. The van der Waals surface area contributed by atoms with Gasteiger partial charge in [-0.1, -0.05) is 19.8 Å². The molecule has 0 amide bonds. The molecule has 0 bridgehead atoms. The summed E-state index contributed by atoms with van der Waals surface area (Å²) in [6, 6.07) is 1.75. The van der Waals surface area contributed by atoms with Gasteiger partial charge < -0.3 is 5.32 Å². The molecule has 1 heterocycles. The molecule has 0 radical (unpaired) electrons. The van der Waals surface area contributed by atoms with Crippen LogP contribution in [0.25, 0.3) is 0 Å². The summed E-state index contributed by atoms with van der Waals surface area (Å²) in [7, 11) is 0. The van der Waals surface area contributed by atoms with E-state index in [1.54, 1.807) is 0 Å². The molecule has 0 atom stereocenters. The Morgan fingerprint density at radius 3 is 2.12 bits per heavy atom. The van der Waals surface area contributed by atoms with Gasteiger partial charge in [-0.2, -0.15) is 0 Å². The average Bonchev–Trinajstić information content (AvgIpc) is 2.73. The van der Waals surface area contributed by atoms with E-state index < -0.39 is 0 Å². The van der Waals surface area contributed by atoms with Crippen molar-refractivity contribution in [3.05, 3.63) is 0 Å². The number of hydrogen-bond donors (Lipinski definition) is 1. The van der Waals surface area contributed by atoms with Crippen molar-refractivity contribution >= 4 is 0 Å². The summed E-state index contributed by atoms with van der Waals surface area (Å²) in [6.45, 7) is 6.06. The summed E-state index contributed by atoms with van der Waals surface area (Å²) in [5, 5.41) is 3.42. The average molecular weight is 236 g/mol. The maximum absolute atomic E-state index is 3.42. The molecule has 2 aliphatic carbocycles. The summed E-state index contributed by atoms with van der Waals surface area (Å²) in [4.78, 5) is 2.79. The zero-order chi connectivity index (χ0) is 11.7. The van der Waals surface area contributed by atoms with Crippen LogP contribution < -0.4 is 5.32 Å². The Morgan fingerprint density at radius 1 is 1.00 bits per heavy atom. The van der Waals surface area contributed by atoms with Crippen molar-refractivity contribution in [3.8, 4) is 0 Å². The molecule has 17 heavy (non-hydrogen) atoms. The normalized spacial score (nSPS) is 30.0. The molecule has 1 spiro atoms. The first-order chi connectivity index (χ1) is 8.33. The Morgan fingerprint density at radius 2 is 1.65 bits per heavy atom. The van der Waals surface area contributed by atoms with Crippen LogP contribution in [0.1, 0.15) is 58.3 Å². The molecule has 0 unspecified atom stereocenters. The standard InChI is InChI=1S/C15H28N2/c1-2-17(14-11-16-12-14)13-5-9-15(10-6-13)7-3-4-8-15/h13-14,16H,2-12H2,1H3. The molecular weight excluding hydrogens is 208 g/mol. The number of nitrogens with zero attached hydrogens (tertiary/aromatic N) is 1. The number of rotatable bonds is 3. The van der Waals surface area contributed by atoms with Gasteiger partial charge >= 0.3 is 0 Å². The van der Waals surface area contributed by atoms with Gasteiger partial charge in [-0.05, 0) is 50.5 Å². The first-order valence-electron chi connectivity index (χ1n) is 7.79. The molecule has 1 saturated heterocycles. The molecule has 2 heteroatoms.